The van der Waals surface area contributed by atoms with Gasteiger partial charge < -0.3 is 31.3 Å². The highest BCUT2D eigenvalue weighted by Crippen LogP contribution is 2.34. The van der Waals surface area contributed by atoms with Crippen molar-refractivity contribution in [2.45, 2.75) is 97.5 Å². The van der Waals surface area contributed by atoms with Gasteiger partial charge in [0.25, 0.3) is 5.91 Å². The number of esters is 1. The average Bonchev–Trinajstić information content (AvgIpc) is 3.62. The molecule has 2 fully saturated rings. The summed E-state index contributed by atoms with van der Waals surface area (Å²) in [5, 5.41) is 8.03. The number of benzene rings is 1. The summed E-state index contributed by atoms with van der Waals surface area (Å²) in [5.41, 5.74) is 5.26. The molecular weight excluding hydrogens is 554 g/mol. The third-order valence-corrected chi connectivity index (χ3v) is 7.80. The van der Waals surface area contributed by atoms with Crippen LogP contribution in [0.15, 0.2) is 30.3 Å². The number of hydrogen-bond acceptors (Lipinski definition) is 7. The van der Waals surface area contributed by atoms with E-state index in [9.17, 15) is 28.8 Å². The molecule has 1 aliphatic heterocycles. The number of nitrogens with two attached hydrogens (primary N) is 1. The standard InChI is InChI=1S/C31H45N5O7/c1-18(2)23(29(41)43-17-20-10-7-6-8-11-20)34-30(42)35-25(31(3,4)5)28(40)36-15-9-12-22(36)27(39)33-21(16-19-13-14-19)24(37)26(32)38/h6-8,10-11,18-19,21-23,25H,9,12-17H2,1-5H3,(H2,32,38)(H,33,39)(H2,34,35,42)/t21?,22-,23?,25?/m0/s1. The van der Waals surface area contributed by atoms with Gasteiger partial charge in [-0.3, -0.25) is 19.2 Å². The van der Waals surface area contributed by atoms with Gasteiger partial charge in [0, 0.05) is 6.54 Å². The van der Waals surface area contributed by atoms with Crippen LogP contribution >= 0.6 is 0 Å². The fourth-order valence-electron chi connectivity index (χ4n) is 5.11. The molecule has 0 radical (unpaired) electrons. The van der Waals surface area contributed by atoms with Gasteiger partial charge in [-0.2, -0.15) is 0 Å². The molecule has 3 unspecified atom stereocenters. The van der Waals surface area contributed by atoms with E-state index in [1.807, 2.05) is 30.3 Å². The first kappa shape index (κ1) is 33.5. The topological polar surface area (TPSA) is 177 Å². The highest BCUT2D eigenvalue weighted by atomic mass is 16.5. The lowest BCUT2D eigenvalue weighted by Gasteiger charge is -2.36. The number of carbonyl (C=O) groups is 6. The van der Waals surface area contributed by atoms with Gasteiger partial charge in [0.2, 0.25) is 17.6 Å². The van der Waals surface area contributed by atoms with Crippen LogP contribution in [0, 0.1) is 17.3 Å². The van der Waals surface area contributed by atoms with E-state index in [1.165, 1.54) is 4.90 Å². The van der Waals surface area contributed by atoms with Crippen LogP contribution in [0.5, 0.6) is 0 Å². The smallest absolute Gasteiger partial charge is 0.329 e. The maximum absolute atomic E-state index is 13.8. The number of hydrogen-bond donors (Lipinski definition) is 4. The highest BCUT2D eigenvalue weighted by molar-refractivity contribution is 6.37. The lowest BCUT2D eigenvalue weighted by Crippen LogP contribution is -2.61. The Morgan fingerprint density at radius 2 is 1.63 bits per heavy atom. The number of rotatable bonds is 13. The molecule has 1 saturated heterocycles. The molecule has 43 heavy (non-hydrogen) atoms. The van der Waals surface area contributed by atoms with Gasteiger partial charge in [-0.1, -0.05) is 77.8 Å². The SMILES string of the molecule is CC(C)C(NC(=O)NC(C(=O)N1CCC[C@H]1C(=O)NC(CC1CC1)C(=O)C(N)=O)C(C)(C)C)C(=O)OCc1ccccc1. The van der Waals surface area contributed by atoms with Crippen molar-refractivity contribution >= 4 is 35.5 Å². The van der Waals surface area contributed by atoms with Gasteiger partial charge in [-0.25, -0.2) is 9.59 Å². The van der Waals surface area contributed by atoms with Crippen molar-refractivity contribution in [1.29, 1.82) is 0 Å². The predicted octanol–water partition coefficient (Wildman–Crippen LogP) is 1.80. The number of amides is 5. The number of urea groups is 1. The van der Waals surface area contributed by atoms with Gasteiger partial charge in [0.1, 0.15) is 24.7 Å². The molecule has 5 N–H and O–H groups in total. The molecule has 12 heteroatoms. The van der Waals surface area contributed by atoms with Gasteiger partial charge in [-0.15, -0.1) is 0 Å². The second-order valence-corrected chi connectivity index (χ2v) is 12.9. The zero-order chi connectivity index (χ0) is 31.9. The molecular formula is C31H45N5O7. The molecule has 0 bridgehead atoms. The number of Topliss-reactive ketones (excluding diaryl/α,β-unsaturated/α-hetero) is 1. The van der Waals surface area contributed by atoms with E-state index in [4.69, 9.17) is 10.5 Å². The van der Waals surface area contributed by atoms with Gasteiger partial charge >= 0.3 is 12.0 Å². The number of nitrogens with zero attached hydrogens (tertiary/aromatic N) is 1. The van der Waals surface area contributed by atoms with Crippen LogP contribution in [0.1, 0.15) is 72.3 Å². The number of ether oxygens (including phenoxy) is 1. The second-order valence-electron chi connectivity index (χ2n) is 12.9. The van der Waals surface area contributed by atoms with E-state index < -0.39 is 65.1 Å². The maximum atomic E-state index is 13.8. The fraction of sp³-hybridized carbons (Fsp3) is 0.613. The Labute approximate surface area is 252 Å². The molecule has 0 aromatic heterocycles. The van der Waals surface area contributed by atoms with E-state index in [0.29, 0.717) is 19.3 Å². The highest BCUT2D eigenvalue weighted by Gasteiger charge is 2.43. The normalized spacial score (nSPS) is 18.7. The van der Waals surface area contributed by atoms with E-state index in [-0.39, 0.29) is 25.0 Å². The van der Waals surface area contributed by atoms with Crippen molar-refractivity contribution in [2.75, 3.05) is 6.54 Å². The summed E-state index contributed by atoms with van der Waals surface area (Å²) in [6.45, 7) is 9.23. The van der Waals surface area contributed by atoms with Crippen molar-refractivity contribution in [3.8, 4) is 0 Å². The van der Waals surface area contributed by atoms with Crippen molar-refractivity contribution in [3.05, 3.63) is 35.9 Å². The Morgan fingerprint density at radius 1 is 0.977 bits per heavy atom. The van der Waals surface area contributed by atoms with E-state index >= 15 is 0 Å². The lowest BCUT2D eigenvalue weighted by atomic mass is 9.85. The Hall–Kier alpha value is -3.96. The minimum Gasteiger partial charge on any atom is -0.459 e. The Balaban J connectivity index is 1.67. The lowest BCUT2D eigenvalue weighted by molar-refractivity contribution is -0.148. The Kier molecular flexibility index (Phi) is 11.3. The summed E-state index contributed by atoms with van der Waals surface area (Å²) in [7, 11) is 0. The zero-order valence-corrected chi connectivity index (χ0v) is 25.7. The first-order chi connectivity index (χ1) is 20.2. The van der Waals surface area contributed by atoms with Crippen LogP contribution in [0.2, 0.25) is 0 Å². The molecule has 0 spiro atoms. The molecule has 1 saturated carbocycles. The Morgan fingerprint density at radius 3 is 2.19 bits per heavy atom. The monoisotopic (exact) mass is 599 g/mol. The molecule has 1 aromatic rings. The van der Waals surface area contributed by atoms with E-state index in [0.717, 1.165) is 18.4 Å². The largest absolute Gasteiger partial charge is 0.459 e. The summed E-state index contributed by atoms with van der Waals surface area (Å²) in [4.78, 5) is 78.5. The van der Waals surface area contributed by atoms with Crippen molar-refractivity contribution in [1.82, 2.24) is 20.9 Å². The third-order valence-electron chi connectivity index (χ3n) is 7.80. The van der Waals surface area contributed by atoms with Gasteiger partial charge in [-0.05, 0) is 42.1 Å². The average molecular weight is 600 g/mol. The molecule has 1 heterocycles. The minimum atomic E-state index is -1.11. The van der Waals surface area contributed by atoms with Crippen LogP contribution in [-0.4, -0.2) is 71.1 Å². The fourth-order valence-corrected chi connectivity index (χ4v) is 5.11. The molecule has 2 aliphatic rings. The summed E-state index contributed by atoms with van der Waals surface area (Å²) in [5.74, 6) is -3.63. The molecule has 12 nitrogen and oxygen atoms in total. The predicted molar refractivity (Wildman–Crippen MR) is 158 cm³/mol. The number of primary amides is 1. The van der Waals surface area contributed by atoms with Gasteiger partial charge in [0.05, 0.1) is 6.04 Å². The first-order valence-corrected chi connectivity index (χ1v) is 14.9. The van der Waals surface area contributed by atoms with Crippen molar-refractivity contribution < 1.29 is 33.5 Å². The first-order valence-electron chi connectivity index (χ1n) is 14.9. The van der Waals surface area contributed by atoms with Crippen LogP contribution in [0.3, 0.4) is 0 Å². The van der Waals surface area contributed by atoms with Crippen molar-refractivity contribution in [2.24, 2.45) is 23.0 Å². The molecule has 1 aromatic carbocycles. The number of nitrogens with one attached hydrogen (secondary N) is 3. The maximum Gasteiger partial charge on any atom is 0.329 e. The van der Waals surface area contributed by atoms with Crippen LogP contribution in [-0.2, 0) is 35.3 Å². The molecule has 4 atom stereocenters. The van der Waals surface area contributed by atoms with E-state index in [1.54, 1.807) is 34.6 Å². The summed E-state index contributed by atoms with van der Waals surface area (Å²) < 4.78 is 5.43. The Bertz CT molecular complexity index is 1190. The number of ketones is 1. The van der Waals surface area contributed by atoms with Crippen LogP contribution < -0.4 is 21.7 Å². The van der Waals surface area contributed by atoms with Gasteiger partial charge in [0.15, 0.2) is 0 Å². The number of likely N-dealkylation sites (tertiary alicyclic amines) is 1. The second kappa shape index (κ2) is 14.5. The molecule has 236 valence electrons. The third kappa shape index (κ3) is 9.52. The van der Waals surface area contributed by atoms with Crippen molar-refractivity contribution in [3.63, 3.8) is 0 Å². The minimum absolute atomic E-state index is 0.0558. The molecule has 3 rings (SSSR count). The quantitative estimate of drug-likeness (QED) is 0.197. The van der Waals surface area contributed by atoms with Crippen LogP contribution in [0.25, 0.3) is 0 Å². The summed E-state index contributed by atoms with van der Waals surface area (Å²) in [6, 6.07) is 4.54. The number of carbonyl (C=O) groups excluding carboxylic acids is 6. The summed E-state index contributed by atoms with van der Waals surface area (Å²) >= 11 is 0. The zero-order valence-electron chi connectivity index (χ0n) is 25.7. The molecule has 1 aliphatic carbocycles. The van der Waals surface area contributed by atoms with E-state index in [2.05, 4.69) is 16.0 Å². The molecule has 5 amide bonds. The van der Waals surface area contributed by atoms with Crippen LogP contribution in [0.4, 0.5) is 4.79 Å². The summed E-state index contributed by atoms with van der Waals surface area (Å²) in [6.07, 6.45) is 3.06.